The van der Waals surface area contributed by atoms with Gasteiger partial charge in [-0.25, -0.2) is 0 Å². The van der Waals surface area contributed by atoms with Gasteiger partial charge in [0.15, 0.2) is 50.3 Å². The van der Waals surface area contributed by atoms with Gasteiger partial charge in [-0.05, 0) is 6.92 Å². The van der Waals surface area contributed by atoms with Gasteiger partial charge in [0, 0.05) is 20.8 Å². The number of hydrogen-bond acceptors (Lipinski definition) is 39. The van der Waals surface area contributed by atoms with E-state index < -0.39 is 303 Å². The van der Waals surface area contributed by atoms with Crippen molar-refractivity contribution in [1.29, 1.82) is 0 Å². The number of hydrogen-bond donors (Lipinski definition) is 24. The third-order valence-electron chi connectivity index (χ3n) is 17.5. The van der Waals surface area contributed by atoms with Gasteiger partial charge in [-0.2, -0.15) is 0 Å². The topological polar surface area (TPSA) is 651 Å². The third-order valence-corrected chi connectivity index (χ3v) is 17.5. The number of ether oxygens (including phenoxy) is 15. The maximum Gasteiger partial charge on any atom is 0.217 e. The standard InChI is InChI=1S/C53H89N3O39/c1-12-26(66)33(73)37(77)50(82-12)93-43-25(56-15(4)65)46(80)83-21(10-62)42(43)92-48-24(55-14(3)64)32(72)40(19(8-60)87-48)91-53-45(95-51-36(76)29(69)18(7-59)86-51)44(94-52-38(78)34(74)28(68)17(6-58)85-52)30(70)22(89-53)11-81-49-39(79)35(75)41(20(9-61)88-49)90-47-23(54-13(2)63)31(71)27(67)16(5-57)84-47/h12,16-53,57-62,66-80H,5-11H2,1-4H3,(H,54,63)(H,55,64)(H,56,65)/t12-,16+,17+,18+,19+,20+,21+,22+,23+,24+,25+,26+,27+,28+,29-,30+,31+,32+,33+,34-,35+,36+,37-,38-,39-,40+,41+,42+,43+,44-,45-,46+,47-,48-,49-,50-,51-,52+,53-/m0/s1. The Hall–Kier alpha value is -3.03. The van der Waals surface area contributed by atoms with Crippen LogP contribution in [0, 0.1) is 0 Å². The van der Waals surface area contributed by atoms with E-state index in [2.05, 4.69) is 16.0 Å². The van der Waals surface area contributed by atoms with Crippen molar-refractivity contribution in [3.8, 4) is 0 Å². The lowest BCUT2D eigenvalue weighted by Crippen LogP contribution is -2.71. The van der Waals surface area contributed by atoms with E-state index in [1.807, 2.05) is 0 Å². The molecule has 3 amide bonds. The summed E-state index contributed by atoms with van der Waals surface area (Å²) in [4.78, 5) is 37.9. The molecule has 39 atom stereocenters. The molecule has 0 aromatic rings. The molecule has 42 nitrogen and oxygen atoms in total. The molecule has 8 fully saturated rings. The van der Waals surface area contributed by atoms with Crippen LogP contribution in [-0.4, -0.2) is 411 Å². The quantitative estimate of drug-likeness (QED) is 0.0427. The minimum atomic E-state index is -2.36. The number of carbonyl (C=O) groups excluding carboxylic acids is 3. The highest BCUT2D eigenvalue weighted by Gasteiger charge is 2.60. The molecule has 8 heterocycles. The molecule has 550 valence electrons. The van der Waals surface area contributed by atoms with Crippen LogP contribution in [0.5, 0.6) is 0 Å². The first-order valence-electron chi connectivity index (χ1n) is 30.4. The Morgan fingerprint density at radius 3 is 1.17 bits per heavy atom. The molecule has 0 spiro atoms. The van der Waals surface area contributed by atoms with Gasteiger partial charge in [-0.3, -0.25) is 14.4 Å². The lowest BCUT2D eigenvalue weighted by molar-refractivity contribution is -0.399. The monoisotopic (exact) mass is 1390 g/mol. The number of nitrogens with one attached hydrogen (secondary N) is 3. The van der Waals surface area contributed by atoms with Crippen molar-refractivity contribution in [3.63, 3.8) is 0 Å². The number of aliphatic hydroxyl groups excluding tert-OH is 21. The van der Waals surface area contributed by atoms with Crippen molar-refractivity contribution >= 4 is 17.7 Å². The largest absolute Gasteiger partial charge is 0.394 e. The smallest absolute Gasteiger partial charge is 0.217 e. The maximum absolute atomic E-state index is 13.1. The Balaban J connectivity index is 1.13. The van der Waals surface area contributed by atoms with Crippen molar-refractivity contribution in [2.45, 2.75) is 267 Å². The van der Waals surface area contributed by atoms with E-state index in [0.29, 0.717) is 0 Å². The molecule has 8 aliphatic heterocycles. The van der Waals surface area contributed by atoms with Crippen LogP contribution in [0.1, 0.15) is 27.7 Å². The predicted octanol–water partition coefficient (Wildman–Crippen LogP) is -16.4. The van der Waals surface area contributed by atoms with Gasteiger partial charge < -0.3 is 194 Å². The molecule has 8 rings (SSSR count). The van der Waals surface area contributed by atoms with Crippen molar-refractivity contribution in [3.05, 3.63) is 0 Å². The fourth-order valence-corrected chi connectivity index (χ4v) is 12.3. The molecule has 0 aromatic carbocycles. The van der Waals surface area contributed by atoms with Gasteiger partial charge in [0.05, 0.1) is 52.4 Å². The van der Waals surface area contributed by atoms with E-state index in [-0.39, 0.29) is 0 Å². The summed E-state index contributed by atoms with van der Waals surface area (Å²) in [6.07, 6.45) is -70.9. The molecule has 24 N–H and O–H groups in total. The lowest BCUT2D eigenvalue weighted by atomic mass is 9.93. The van der Waals surface area contributed by atoms with Gasteiger partial charge in [0.2, 0.25) is 17.7 Å². The second-order valence-electron chi connectivity index (χ2n) is 24.1. The molecule has 0 aromatic heterocycles. The summed E-state index contributed by atoms with van der Waals surface area (Å²) >= 11 is 0. The summed E-state index contributed by atoms with van der Waals surface area (Å²) in [6, 6.07) is -5.26. The first-order valence-corrected chi connectivity index (χ1v) is 30.4. The van der Waals surface area contributed by atoms with E-state index >= 15 is 0 Å². The zero-order chi connectivity index (χ0) is 69.9. The van der Waals surface area contributed by atoms with Crippen molar-refractivity contribution in [2.24, 2.45) is 0 Å². The first kappa shape index (κ1) is 77.7. The summed E-state index contributed by atoms with van der Waals surface area (Å²) in [5, 5.41) is 237. The molecule has 42 heteroatoms. The van der Waals surface area contributed by atoms with Gasteiger partial charge in [-0.15, -0.1) is 0 Å². The van der Waals surface area contributed by atoms with Crippen molar-refractivity contribution in [2.75, 3.05) is 46.2 Å². The van der Waals surface area contributed by atoms with Gasteiger partial charge >= 0.3 is 0 Å². The van der Waals surface area contributed by atoms with Crippen LogP contribution in [-0.2, 0) is 85.4 Å². The summed E-state index contributed by atoms with van der Waals surface area (Å²) in [5.41, 5.74) is 0. The molecule has 0 aliphatic carbocycles. The molecule has 0 radical (unpaired) electrons. The van der Waals surface area contributed by atoms with Crippen LogP contribution in [0.4, 0.5) is 0 Å². The van der Waals surface area contributed by atoms with E-state index in [4.69, 9.17) is 71.1 Å². The van der Waals surface area contributed by atoms with E-state index in [1.165, 1.54) is 6.92 Å². The number of aliphatic hydroxyl groups is 21. The summed E-state index contributed by atoms with van der Waals surface area (Å²) in [6.45, 7) is -2.95. The Kier molecular flexibility index (Phi) is 27.5. The van der Waals surface area contributed by atoms with Crippen LogP contribution in [0.3, 0.4) is 0 Å². The molecule has 0 bridgehead atoms. The Morgan fingerprint density at radius 2 is 0.642 bits per heavy atom. The number of amides is 3. The number of rotatable bonds is 24. The van der Waals surface area contributed by atoms with Crippen molar-refractivity contribution < 1.29 is 193 Å². The second kappa shape index (κ2) is 33.6. The molecular weight excluding hydrogens is 1300 g/mol. The van der Waals surface area contributed by atoms with Crippen LogP contribution < -0.4 is 16.0 Å². The minimum Gasteiger partial charge on any atom is -0.394 e. The highest BCUT2D eigenvalue weighted by atomic mass is 16.8. The highest BCUT2D eigenvalue weighted by Crippen LogP contribution is 2.40. The van der Waals surface area contributed by atoms with Gasteiger partial charge in [0.25, 0.3) is 0 Å². The van der Waals surface area contributed by atoms with Gasteiger partial charge in [0.1, 0.15) is 183 Å². The fraction of sp³-hybridized carbons (Fsp3) is 0.943. The van der Waals surface area contributed by atoms with E-state index in [9.17, 15) is 122 Å². The lowest BCUT2D eigenvalue weighted by Gasteiger charge is -2.51. The van der Waals surface area contributed by atoms with Crippen LogP contribution >= 0.6 is 0 Å². The summed E-state index contributed by atoms with van der Waals surface area (Å²) < 4.78 is 89.0. The summed E-state index contributed by atoms with van der Waals surface area (Å²) in [7, 11) is 0. The average molecular weight is 1390 g/mol. The molecule has 8 aliphatic rings. The molecule has 8 saturated heterocycles. The third kappa shape index (κ3) is 17.0. The molecule has 95 heavy (non-hydrogen) atoms. The zero-order valence-electron chi connectivity index (χ0n) is 51.2. The Labute approximate surface area is 538 Å². The normalized spacial score (nSPS) is 49.8. The molecule has 0 unspecified atom stereocenters. The summed E-state index contributed by atoms with van der Waals surface area (Å²) in [5.74, 6) is -2.53. The van der Waals surface area contributed by atoms with Crippen LogP contribution in [0.2, 0.25) is 0 Å². The molecular formula is C53H89N3O39. The van der Waals surface area contributed by atoms with Gasteiger partial charge in [-0.1, -0.05) is 0 Å². The van der Waals surface area contributed by atoms with E-state index in [1.54, 1.807) is 0 Å². The highest BCUT2D eigenvalue weighted by molar-refractivity contribution is 5.74. The maximum atomic E-state index is 13.1. The minimum absolute atomic E-state index is 0.767. The SMILES string of the molecule is CC(=O)N[C@@H]1[C@@H](O[C@@H]2O[C@@H](C)[C@@H](O)[C@@H](O)[C@@H]2O)[C@H](O[C@@H]2O[C@H](CO)[C@@H](O[C@@H]3O[C@H](CO[C@H]4O[C@H](CO)[C@@H](O[C@@H]5O[C@H](CO)[C@@H](O)[C@H](O)[C@H]5NC(C)=O)[C@H](O)[C@@H]4O)[C@@H](O)[C@H](O[C@H]4O[C@H](CO)[C@@H](O)[C@H](O)[C@@H]4O)[C@@H]3O[C@@H]3O[C@H](CO)[C@H](O)[C@H]3O)[C@H](O)[C@H]2NC(C)=O)[C@@H](CO)O[C@H]1O. The van der Waals surface area contributed by atoms with E-state index in [0.717, 1.165) is 20.8 Å². The second-order valence-corrected chi connectivity index (χ2v) is 24.1. The average Bonchev–Trinajstić information content (AvgIpc) is 1.35. The zero-order valence-corrected chi connectivity index (χ0v) is 51.2. The molecule has 0 saturated carbocycles. The first-order chi connectivity index (χ1) is 44.9. The van der Waals surface area contributed by atoms with Crippen LogP contribution in [0.15, 0.2) is 0 Å². The Bertz CT molecular complexity index is 2440. The predicted molar refractivity (Wildman–Crippen MR) is 292 cm³/mol. The van der Waals surface area contributed by atoms with Crippen LogP contribution in [0.25, 0.3) is 0 Å². The van der Waals surface area contributed by atoms with Crippen molar-refractivity contribution in [1.82, 2.24) is 16.0 Å². The Morgan fingerprint density at radius 1 is 0.295 bits per heavy atom. The fourth-order valence-electron chi connectivity index (χ4n) is 12.3. The number of carbonyl (C=O) groups is 3.